The van der Waals surface area contributed by atoms with Gasteiger partial charge >= 0.3 is 5.97 Å². The average molecular weight is 620 g/mol. The summed E-state index contributed by atoms with van der Waals surface area (Å²) in [6.45, 7) is 0.871. The predicted molar refractivity (Wildman–Crippen MR) is 167 cm³/mol. The Morgan fingerprint density at radius 1 is 0.930 bits per heavy atom. The lowest BCUT2D eigenvalue weighted by Crippen LogP contribution is -2.37. The van der Waals surface area contributed by atoms with E-state index in [0.717, 1.165) is 36.3 Å². The van der Waals surface area contributed by atoms with Crippen LogP contribution in [0, 0.1) is 0 Å². The summed E-state index contributed by atoms with van der Waals surface area (Å²) >= 11 is 12.0. The van der Waals surface area contributed by atoms with Gasteiger partial charge in [-0.1, -0.05) is 65.7 Å². The first-order chi connectivity index (χ1) is 20.9. The number of aliphatic carboxylic acids is 1. The van der Waals surface area contributed by atoms with Gasteiger partial charge < -0.3 is 19.6 Å². The standard InChI is InChI=1S/C33H32Cl2N4O4/c34-25-11-8-24(9-12-25)20-38(21-31(40)41)32(42)29-19-36-33(37-30(29)17-10-23-5-2-1-3-6-23)39-18-4-7-27(39)22-43-28-15-13-26(35)14-16-28/h1-3,5-6,8-9,11-16,19,27H,4,7,10,17-18,20-22H2,(H,40,41)/t27-/m1/s1. The molecule has 0 spiro atoms. The molecule has 3 aromatic carbocycles. The molecule has 0 bridgehead atoms. The van der Waals surface area contributed by atoms with Crippen molar-refractivity contribution >= 4 is 41.0 Å². The number of carbonyl (C=O) groups excluding carboxylic acids is 1. The van der Waals surface area contributed by atoms with Crippen molar-refractivity contribution in [3.8, 4) is 5.75 Å². The van der Waals surface area contributed by atoms with Crippen LogP contribution < -0.4 is 9.64 Å². The monoisotopic (exact) mass is 618 g/mol. The van der Waals surface area contributed by atoms with Gasteiger partial charge in [-0.3, -0.25) is 9.59 Å². The third-order valence-corrected chi connectivity index (χ3v) is 7.87. The molecular weight excluding hydrogens is 587 g/mol. The van der Waals surface area contributed by atoms with Gasteiger partial charge in [-0.25, -0.2) is 9.97 Å². The zero-order chi connectivity index (χ0) is 30.2. The van der Waals surface area contributed by atoms with Crippen molar-refractivity contribution in [1.82, 2.24) is 14.9 Å². The van der Waals surface area contributed by atoms with Crippen molar-refractivity contribution in [3.63, 3.8) is 0 Å². The zero-order valence-corrected chi connectivity index (χ0v) is 25.0. The number of ether oxygens (including phenoxy) is 1. The van der Waals surface area contributed by atoms with Crippen LogP contribution in [0.4, 0.5) is 5.95 Å². The van der Waals surface area contributed by atoms with Crippen LogP contribution in [0.1, 0.15) is 40.0 Å². The third kappa shape index (κ3) is 8.24. The lowest BCUT2D eigenvalue weighted by molar-refractivity contribution is -0.137. The number of benzene rings is 3. The van der Waals surface area contributed by atoms with Crippen molar-refractivity contribution in [2.45, 2.75) is 38.3 Å². The molecule has 1 saturated heterocycles. The highest BCUT2D eigenvalue weighted by atomic mass is 35.5. The highest BCUT2D eigenvalue weighted by molar-refractivity contribution is 6.30. The second kappa shape index (κ2) is 14.4. The fraction of sp³-hybridized carbons (Fsp3) is 0.273. The molecule has 2 heterocycles. The summed E-state index contributed by atoms with van der Waals surface area (Å²) in [5.74, 6) is -0.271. The van der Waals surface area contributed by atoms with Gasteiger partial charge in [-0.15, -0.1) is 0 Å². The molecule has 5 rings (SSSR count). The van der Waals surface area contributed by atoms with Gasteiger partial charge in [0.05, 0.1) is 17.3 Å². The third-order valence-electron chi connectivity index (χ3n) is 7.37. The smallest absolute Gasteiger partial charge is 0.323 e. The zero-order valence-electron chi connectivity index (χ0n) is 23.5. The molecule has 10 heteroatoms. The number of carbonyl (C=O) groups is 2. The van der Waals surface area contributed by atoms with Gasteiger partial charge in [0.1, 0.15) is 18.9 Å². The van der Waals surface area contributed by atoms with Crippen molar-refractivity contribution in [2.24, 2.45) is 0 Å². The highest BCUT2D eigenvalue weighted by Gasteiger charge is 2.29. The second-order valence-electron chi connectivity index (χ2n) is 10.5. The molecule has 1 aliphatic rings. The van der Waals surface area contributed by atoms with Gasteiger partial charge in [-0.2, -0.15) is 0 Å². The fourth-order valence-corrected chi connectivity index (χ4v) is 5.41. The number of anilines is 1. The maximum absolute atomic E-state index is 13.9. The summed E-state index contributed by atoms with van der Waals surface area (Å²) in [4.78, 5) is 38.6. The summed E-state index contributed by atoms with van der Waals surface area (Å²) in [6, 6.07) is 24.3. The molecule has 222 valence electrons. The molecule has 0 unspecified atom stereocenters. The topological polar surface area (TPSA) is 95.9 Å². The quantitative estimate of drug-likeness (QED) is 0.198. The number of hydrogen-bond donors (Lipinski definition) is 1. The van der Waals surface area contributed by atoms with Gasteiger partial charge in [0.2, 0.25) is 5.95 Å². The van der Waals surface area contributed by atoms with Gasteiger partial charge in [0, 0.05) is 29.3 Å². The predicted octanol–water partition coefficient (Wildman–Crippen LogP) is 6.34. The number of carboxylic acids is 1. The van der Waals surface area contributed by atoms with E-state index in [9.17, 15) is 14.7 Å². The van der Waals surface area contributed by atoms with E-state index in [-0.39, 0.29) is 12.6 Å². The summed E-state index contributed by atoms with van der Waals surface area (Å²) in [6.07, 6.45) is 4.58. The molecule has 1 atom stereocenters. The van der Waals surface area contributed by atoms with E-state index in [1.807, 2.05) is 42.5 Å². The van der Waals surface area contributed by atoms with E-state index in [0.29, 0.717) is 46.7 Å². The number of amides is 1. The Morgan fingerprint density at radius 2 is 1.63 bits per heavy atom. The molecule has 43 heavy (non-hydrogen) atoms. The molecule has 1 aromatic heterocycles. The first-order valence-electron chi connectivity index (χ1n) is 14.2. The van der Waals surface area contributed by atoms with E-state index in [1.54, 1.807) is 36.4 Å². The Labute approximate surface area is 260 Å². The normalized spacial score (nSPS) is 14.5. The Hall–Kier alpha value is -4.14. The van der Waals surface area contributed by atoms with Crippen LogP contribution in [0.5, 0.6) is 5.75 Å². The number of aryl methyl sites for hydroxylation is 2. The first kappa shape index (κ1) is 30.3. The minimum atomic E-state index is -1.11. The van der Waals surface area contributed by atoms with Crippen LogP contribution in [0.15, 0.2) is 85.1 Å². The van der Waals surface area contributed by atoms with Crippen molar-refractivity contribution in [2.75, 3.05) is 24.6 Å². The largest absolute Gasteiger partial charge is 0.491 e. The minimum absolute atomic E-state index is 0.0626. The Morgan fingerprint density at radius 3 is 2.33 bits per heavy atom. The Bertz CT molecular complexity index is 1540. The molecule has 1 aliphatic heterocycles. The van der Waals surface area contributed by atoms with Crippen LogP contribution in [0.3, 0.4) is 0 Å². The van der Waals surface area contributed by atoms with Crippen molar-refractivity contribution in [3.05, 3.63) is 117 Å². The van der Waals surface area contributed by atoms with Crippen molar-refractivity contribution < 1.29 is 19.4 Å². The molecule has 0 saturated carbocycles. The lowest BCUT2D eigenvalue weighted by Gasteiger charge is -2.26. The van der Waals surface area contributed by atoms with E-state index in [1.165, 1.54) is 11.1 Å². The van der Waals surface area contributed by atoms with E-state index >= 15 is 0 Å². The van der Waals surface area contributed by atoms with E-state index in [2.05, 4.69) is 9.88 Å². The van der Waals surface area contributed by atoms with Crippen LogP contribution in [0.25, 0.3) is 0 Å². The molecule has 8 nitrogen and oxygen atoms in total. The van der Waals surface area contributed by atoms with E-state index in [4.69, 9.17) is 32.9 Å². The molecule has 1 N–H and O–H groups in total. The number of nitrogens with zero attached hydrogens (tertiary/aromatic N) is 4. The van der Waals surface area contributed by atoms with Crippen LogP contribution >= 0.6 is 23.2 Å². The van der Waals surface area contributed by atoms with Crippen LogP contribution in [0.2, 0.25) is 10.0 Å². The van der Waals surface area contributed by atoms with Gasteiger partial charge in [-0.05, 0) is 73.2 Å². The first-order valence-corrected chi connectivity index (χ1v) is 14.9. The molecule has 0 radical (unpaired) electrons. The second-order valence-corrected chi connectivity index (χ2v) is 11.3. The van der Waals surface area contributed by atoms with Crippen molar-refractivity contribution in [1.29, 1.82) is 0 Å². The van der Waals surface area contributed by atoms with Crippen LogP contribution in [-0.2, 0) is 24.2 Å². The Kier molecular flexibility index (Phi) is 10.1. The minimum Gasteiger partial charge on any atom is -0.491 e. The molecule has 4 aromatic rings. The molecule has 1 amide bonds. The van der Waals surface area contributed by atoms with Gasteiger partial charge in [0.25, 0.3) is 5.91 Å². The summed E-state index contributed by atoms with van der Waals surface area (Å²) in [5, 5.41) is 10.8. The summed E-state index contributed by atoms with van der Waals surface area (Å²) in [5.41, 5.74) is 2.75. The number of hydrogen-bond acceptors (Lipinski definition) is 6. The number of aromatic nitrogens is 2. The average Bonchev–Trinajstić information content (AvgIpc) is 3.49. The van der Waals surface area contributed by atoms with Gasteiger partial charge in [0.15, 0.2) is 0 Å². The summed E-state index contributed by atoms with van der Waals surface area (Å²) < 4.78 is 6.05. The highest BCUT2D eigenvalue weighted by Crippen LogP contribution is 2.26. The number of rotatable bonds is 12. The fourth-order valence-electron chi connectivity index (χ4n) is 5.16. The number of carboxylic acid groups (broad SMARTS) is 1. The lowest BCUT2D eigenvalue weighted by atomic mass is 10.0. The maximum Gasteiger partial charge on any atom is 0.323 e. The van der Waals surface area contributed by atoms with Crippen LogP contribution in [-0.4, -0.2) is 57.6 Å². The SMILES string of the molecule is O=C(O)CN(Cc1ccc(Cl)cc1)C(=O)c1cnc(N2CCC[C@@H]2COc2ccc(Cl)cc2)nc1CCc1ccccc1. The number of halogens is 2. The van der Waals surface area contributed by atoms with E-state index < -0.39 is 18.4 Å². The molecule has 1 fully saturated rings. The molecular formula is C33H32Cl2N4O4. The Balaban J connectivity index is 1.41. The molecule has 0 aliphatic carbocycles. The summed E-state index contributed by atoms with van der Waals surface area (Å²) in [7, 11) is 0. The maximum atomic E-state index is 13.9.